The van der Waals surface area contributed by atoms with Gasteiger partial charge < -0.3 is 14.8 Å². The van der Waals surface area contributed by atoms with Crippen molar-refractivity contribution in [2.45, 2.75) is 37.3 Å². The Kier molecular flexibility index (Phi) is 4.49. The second-order valence-electron chi connectivity index (χ2n) is 6.51. The number of nitrogens with one attached hydrogen (secondary N) is 1. The Labute approximate surface area is 146 Å². The van der Waals surface area contributed by atoms with Crippen molar-refractivity contribution in [1.82, 2.24) is 9.97 Å². The minimum absolute atomic E-state index is 0.0129. The van der Waals surface area contributed by atoms with Crippen LogP contribution in [0.3, 0.4) is 0 Å². The molecule has 2 atom stereocenters. The number of hydrogen-bond acceptors (Lipinski definition) is 6. The lowest BCUT2D eigenvalue weighted by molar-refractivity contribution is 0.0146. The molecule has 6 nitrogen and oxygen atoms in total. The molecule has 0 radical (unpaired) electrons. The number of ether oxygens (including phenoxy) is 2. The van der Waals surface area contributed by atoms with Crippen LogP contribution in [-0.2, 0) is 4.74 Å². The van der Waals surface area contributed by atoms with Crippen molar-refractivity contribution in [1.29, 1.82) is 5.26 Å². The topological polar surface area (TPSA) is 80.1 Å². The Hall–Kier alpha value is -2.65. The average Bonchev–Trinajstić information content (AvgIpc) is 3.50. The fourth-order valence-corrected chi connectivity index (χ4v) is 3.02. The monoisotopic (exact) mass is 336 g/mol. The summed E-state index contributed by atoms with van der Waals surface area (Å²) in [6.07, 6.45) is 4.84. The first-order valence-corrected chi connectivity index (χ1v) is 8.65. The molecule has 1 aliphatic heterocycles. The van der Waals surface area contributed by atoms with Gasteiger partial charge in [0.15, 0.2) is 0 Å². The molecule has 2 aromatic rings. The van der Waals surface area contributed by atoms with Gasteiger partial charge in [0.1, 0.15) is 24.0 Å². The third-order valence-electron chi connectivity index (χ3n) is 4.58. The number of rotatable bonds is 5. The number of nitriles is 1. The lowest BCUT2D eigenvalue weighted by atomic mass is 10.1. The SMILES string of the molecule is N#Cc1ccc(O[C@@H]2CCOC[C@H]2Nc2cc(C3CC3)ncn2)cc1. The first-order valence-electron chi connectivity index (χ1n) is 8.65. The van der Waals surface area contributed by atoms with E-state index < -0.39 is 0 Å². The molecule has 1 aromatic heterocycles. The molecule has 1 saturated heterocycles. The van der Waals surface area contributed by atoms with Gasteiger partial charge in [-0.3, -0.25) is 0 Å². The maximum atomic E-state index is 8.89. The van der Waals surface area contributed by atoms with Gasteiger partial charge in [0.2, 0.25) is 0 Å². The molecule has 0 bridgehead atoms. The molecular formula is C19H20N4O2. The molecule has 0 amide bonds. The molecule has 1 saturated carbocycles. The fourth-order valence-electron chi connectivity index (χ4n) is 3.02. The molecule has 2 heterocycles. The Morgan fingerprint density at radius 1 is 1.16 bits per heavy atom. The Balaban J connectivity index is 1.45. The number of nitrogens with zero attached hydrogens (tertiary/aromatic N) is 3. The van der Waals surface area contributed by atoms with Gasteiger partial charge in [0.25, 0.3) is 0 Å². The molecule has 1 N–H and O–H groups in total. The van der Waals surface area contributed by atoms with Crippen LogP contribution in [0.1, 0.15) is 36.4 Å². The quantitative estimate of drug-likeness (QED) is 0.904. The smallest absolute Gasteiger partial charge is 0.130 e. The summed E-state index contributed by atoms with van der Waals surface area (Å²) in [5.41, 5.74) is 1.74. The summed E-state index contributed by atoms with van der Waals surface area (Å²) in [4.78, 5) is 8.70. The van der Waals surface area contributed by atoms with Crippen LogP contribution in [0.5, 0.6) is 5.75 Å². The van der Waals surface area contributed by atoms with Crippen LogP contribution in [0.4, 0.5) is 5.82 Å². The van der Waals surface area contributed by atoms with Crippen LogP contribution < -0.4 is 10.1 Å². The van der Waals surface area contributed by atoms with Crippen molar-refractivity contribution in [2.75, 3.05) is 18.5 Å². The second kappa shape index (κ2) is 7.08. The van der Waals surface area contributed by atoms with Gasteiger partial charge in [-0.25, -0.2) is 9.97 Å². The highest BCUT2D eigenvalue weighted by molar-refractivity contribution is 5.39. The van der Waals surface area contributed by atoms with Crippen molar-refractivity contribution in [3.05, 3.63) is 47.9 Å². The van der Waals surface area contributed by atoms with E-state index in [1.54, 1.807) is 18.5 Å². The van der Waals surface area contributed by atoms with Gasteiger partial charge in [-0.2, -0.15) is 5.26 Å². The minimum atomic E-state index is -0.0129. The summed E-state index contributed by atoms with van der Waals surface area (Å²) in [6.45, 7) is 1.25. The molecule has 2 fully saturated rings. The van der Waals surface area contributed by atoms with Gasteiger partial charge in [0.05, 0.1) is 30.9 Å². The molecule has 0 spiro atoms. The number of hydrogen-bond donors (Lipinski definition) is 1. The summed E-state index contributed by atoms with van der Waals surface area (Å²) < 4.78 is 11.8. The van der Waals surface area contributed by atoms with Crippen LogP contribution >= 0.6 is 0 Å². The van der Waals surface area contributed by atoms with Gasteiger partial charge in [-0.05, 0) is 37.1 Å². The van der Waals surface area contributed by atoms with E-state index >= 15 is 0 Å². The first-order chi connectivity index (χ1) is 12.3. The standard InChI is InChI=1S/C19H20N4O2/c20-10-13-1-5-15(6-2-13)25-18-7-8-24-11-17(18)23-19-9-16(14-3-4-14)21-12-22-19/h1-2,5-6,9,12,14,17-18H,3-4,7-8,11H2,(H,21,22,23)/t17-,18-/m1/s1. The van der Waals surface area contributed by atoms with E-state index in [1.165, 1.54) is 12.8 Å². The zero-order valence-corrected chi connectivity index (χ0v) is 13.9. The van der Waals surface area contributed by atoms with Crippen LogP contribution in [0, 0.1) is 11.3 Å². The molecular weight excluding hydrogens is 316 g/mol. The van der Waals surface area contributed by atoms with E-state index in [9.17, 15) is 0 Å². The van der Waals surface area contributed by atoms with Gasteiger partial charge >= 0.3 is 0 Å². The Morgan fingerprint density at radius 3 is 2.76 bits per heavy atom. The summed E-state index contributed by atoms with van der Waals surface area (Å²) >= 11 is 0. The molecule has 1 aliphatic carbocycles. The minimum Gasteiger partial charge on any atom is -0.488 e. The van der Waals surface area contributed by atoms with Gasteiger partial charge in [0, 0.05) is 24.1 Å². The highest BCUT2D eigenvalue weighted by atomic mass is 16.5. The molecule has 2 aliphatic rings. The zero-order valence-electron chi connectivity index (χ0n) is 13.9. The van der Waals surface area contributed by atoms with E-state index in [0.717, 1.165) is 23.7 Å². The maximum absolute atomic E-state index is 8.89. The number of aromatic nitrogens is 2. The van der Waals surface area contributed by atoms with E-state index in [2.05, 4.69) is 21.4 Å². The number of benzene rings is 1. The Bertz CT molecular complexity index is 768. The summed E-state index contributed by atoms with van der Waals surface area (Å²) in [5.74, 6) is 2.18. The predicted octanol–water partition coefficient (Wildman–Crippen LogP) is 2.87. The molecule has 25 heavy (non-hydrogen) atoms. The van der Waals surface area contributed by atoms with Crippen LogP contribution in [0.15, 0.2) is 36.7 Å². The number of anilines is 1. The highest BCUT2D eigenvalue weighted by Crippen LogP contribution is 2.39. The summed E-state index contributed by atoms with van der Waals surface area (Å²) in [7, 11) is 0. The first kappa shape index (κ1) is 15.9. The molecule has 0 unspecified atom stereocenters. The molecule has 6 heteroatoms. The summed E-state index contributed by atoms with van der Waals surface area (Å²) in [6, 6.07) is 11.4. The van der Waals surface area contributed by atoms with E-state index in [0.29, 0.717) is 24.7 Å². The normalized spacial score (nSPS) is 22.8. The van der Waals surface area contributed by atoms with Crippen molar-refractivity contribution in [2.24, 2.45) is 0 Å². The largest absolute Gasteiger partial charge is 0.488 e. The van der Waals surface area contributed by atoms with Crippen molar-refractivity contribution < 1.29 is 9.47 Å². The maximum Gasteiger partial charge on any atom is 0.130 e. The van der Waals surface area contributed by atoms with E-state index in [1.807, 2.05) is 18.2 Å². The molecule has 4 rings (SSSR count). The van der Waals surface area contributed by atoms with Gasteiger partial charge in [-0.15, -0.1) is 0 Å². The zero-order chi connectivity index (χ0) is 17.1. The van der Waals surface area contributed by atoms with Crippen molar-refractivity contribution >= 4 is 5.82 Å². The lowest BCUT2D eigenvalue weighted by Gasteiger charge is -2.32. The third kappa shape index (κ3) is 3.89. The van der Waals surface area contributed by atoms with Crippen LogP contribution in [0.25, 0.3) is 0 Å². The van der Waals surface area contributed by atoms with Crippen molar-refractivity contribution in [3.63, 3.8) is 0 Å². The predicted molar refractivity (Wildman–Crippen MR) is 92.4 cm³/mol. The van der Waals surface area contributed by atoms with E-state index in [-0.39, 0.29) is 12.1 Å². The van der Waals surface area contributed by atoms with Crippen LogP contribution in [-0.4, -0.2) is 35.3 Å². The van der Waals surface area contributed by atoms with Crippen molar-refractivity contribution in [3.8, 4) is 11.8 Å². The molecule has 128 valence electrons. The highest BCUT2D eigenvalue weighted by Gasteiger charge is 2.29. The Morgan fingerprint density at radius 2 is 2.00 bits per heavy atom. The summed E-state index contributed by atoms with van der Waals surface area (Å²) in [5, 5.41) is 12.3. The third-order valence-corrected chi connectivity index (χ3v) is 4.58. The van der Waals surface area contributed by atoms with E-state index in [4.69, 9.17) is 14.7 Å². The average molecular weight is 336 g/mol. The lowest BCUT2D eigenvalue weighted by Crippen LogP contribution is -2.45. The van der Waals surface area contributed by atoms with Gasteiger partial charge in [-0.1, -0.05) is 0 Å². The second-order valence-corrected chi connectivity index (χ2v) is 6.51. The fraction of sp³-hybridized carbons (Fsp3) is 0.421. The van der Waals surface area contributed by atoms with Crippen LogP contribution in [0.2, 0.25) is 0 Å². The molecule has 1 aromatic carbocycles.